The van der Waals surface area contributed by atoms with Gasteiger partial charge < -0.3 is 10.2 Å². The van der Waals surface area contributed by atoms with Crippen LogP contribution in [0.15, 0.2) is 6.20 Å². The Hall–Kier alpha value is -1.65. The number of hydrogen-bond donors (Lipinski definition) is 1. The summed E-state index contributed by atoms with van der Waals surface area (Å²) in [5.41, 5.74) is 1.12. The van der Waals surface area contributed by atoms with Gasteiger partial charge in [0.05, 0.1) is 11.9 Å². The van der Waals surface area contributed by atoms with Gasteiger partial charge in [0.1, 0.15) is 5.82 Å². The molecule has 1 amide bonds. The van der Waals surface area contributed by atoms with Crippen molar-refractivity contribution in [3.8, 4) is 0 Å². The summed E-state index contributed by atoms with van der Waals surface area (Å²) in [5.74, 6) is 1.26. The Kier molecular flexibility index (Phi) is 5.27. The summed E-state index contributed by atoms with van der Waals surface area (Å²) < 4.78 is 0. The van der Waals surface area contributed by atoms with Crippen molar-refractivity contribution >= 4 is 11.6 Å². The second-order valence-corrected chi connectivity index (χ2v) is 5.47. The fourth-order valence-corrected chi connectivity index (χ4v) is 1.83. The minimum Gasteiger partial charge on any atom is -0.385 e. The third-order valence-corrected chi connectivity index (χ3v) is 2.78. The molecular weight excluding hydrogens is 240 g/mol. The van der Waals surface area contributed by atoms with Gasteiger partial charge in [0.25, 0.3) is 5.91 Å². The SMILES string of the molecule is CNc1cnc(C(C)C)nc1C(=O)N(C)CC(C)C. The van der Waals surface area contributed by atoms with Crippen molar-refractivity contribution in [2.45, 2.75) is 33.6 Å². The molecule has 0 atom stereocenters. The lowest BCUT2D eigenvalue weighted by atomic mass is 10.2. The van der Waals surface area contributed by atoms with Crippen molar-refractivity contribution < 1.29 is 4.79 Å². The first-order valence-corrected chi connectivity index (χ1v) is 6.67. The van der Waals surface area contributed by atoms with Crippen LogP contribution in [-0.4, -0.2) is 41.4 Å². The van der Waals surface area contributed by atoms with Crippen molar-refractivity contribution in [2.75, 3.05) is 26.0 Å². The number of anilines is 1. The van der Waals surface area contributed by atoms with E-state index in [1.807, 2.05) is 13.8 Å². The van der Waals surface area contributed by atoms with Crippen molar-refractivity contribution in [3.63, 3.8) is 0 Å². The maximum absolute atomic E-state index is 12.4. The third kappa shape index (κ3) is 3.91. The van der Waals surface area contributed by atoms with E-state index in [4.69, 9.17) is 0 Å². The van der Waals surface area contributed by atoms with Gasteiger partial charge in [0.15, 0.2) is 5.69 Å². The normalized spacial score (nSPS) is 10.9. The van der Waals surface area contributed by atoms with E-state index in [1.54, 1.807) is 25.2 Å². The van der Waals surface area contributed by atoms with Crippen LogP contribution in [0.25, 0.3) is 0 Å². The summed E-state index contributed by atoms with van der Waals surface area (Å²) in [7, 11) is 3.58. The van der Waals surface area contributed by atoms with Crippen LogP contribution >= 0.6 is 0 Å². The van der Waals surface area contributed by atoms with Crippen LogP contribution in [0.2, 0.25) is 0 Å². The topological polar surface area (TPSA) is 58.1 Å². The lowest BCUT2D eigenvalue weighted by molar-refractivity contribution is 0.0774. The number of nitrogens with zero attached hydrogens (tertiary/aromatic N) is 3. The number of carbonyl (C=O) groups excluding carboxylic acids is 1. The number of rotatable bonds is 5. The predicted octanol–water partition coefficient (Wildman–Crippen LogP) is 2.37. The summed E-state index contributed by atoms with van der Waals surface area (Å²) in [5, 5.41) is 2.98. The van der Waals surface area contributed by atoms with E-state index >= 15 is 0 Å². The molecule has 19 heavy (non-hydrogen) atoms. The van der Waals surface area contributed by atoms with E-state index in [2.05, 4.69) is 29.1 Å². The molecule has 1 rings (SSSR count). The molecule has 0 aromatic carbocycles. The van der Waals surface area contributed by atoms with Crippen LogP contribution in [-0.2, 0) is 0 Å². The molecule has 1 aromatic heterocycles. The Morgan fingerprint density at radius 1 is 1.37 bits per heavy atom. The van der Waals surface area contributed by atoms with Crippen molar-refractivity contribution in [1.82, 2.24) is 14.9 Å². The summed E-state index contributed by atoms with van der Waals surface area (Å²) in [6.07, 6.45) is 1.68. The molecule has 0 bridgehead atoms. The Morgan fingerprint density at radius 3 is 2.47 bits per heavy atom. The molecule has 0 unspecified atom stereocenters. The zero-order valence-corrected chi connectivity index (χ0v) is 12.7. The molecule has 0 spiro atoms. The number of amides is 1. The maximum Gasteiger partial charge on any atom is 0.274 e. The molecule has 0 aliphatic carbocycles. The minimum absolute atomic E-state index is 0.0673. The first-order valence-electron chi connectivity index (χ1n) is 6.67. The lowest BCUT2D eigenvalue weighted by Gasteiger charge is -2.20. The van der Waals surface area contributed by atoms with E-state index in [1.165, 1.54) is 0 Å². The second-order valence-electron chi connectivity index (χ2n) is 5.47. The molecule has 0 saturated carbocycles. The molecule has 1 heterocycles. The number of nitrogens with one attached hydrogen (secondary N) is 1. The Balaban J connectivity index is 3.08. The van der Waals surface area contributed by atoms with Crippen LogP contribution in [0.5, 0.6) is 0 Å². The van der Waals surface area contributed by atoms with E-state index in [0.29, 0.717) is 29.7 Å². The summed E-state index contributed by atoms with van der Waals surface area (Å²) in [4.78, 5) is 22.8. The van der Waals surface area contributed by atoms with Crippen LogP contribution in [0.4, 0.5) is 5.69 Å². The summed E-state index contributed by atoms with van der Waals surface area (Å²) >= 11 is 0. The van der Waals surface area contributed by atoms with Gasteiger partial charge >= 0.3 is 0 Å². The second kappa shape index (κ2) is 6.50. The molecule has 1 aromatic rings. The van der Waals surface area contributed by atoms with E-state index in [-0.39, 0.29) is 11.8 Å². The molecule has 5 nitrogen and oxygen atoms in total. The largest absolute Gasteiger partial charge is 0.385 e. The highest BCUT2D eigenvalue weighted by atomic mass is 16.2. The van der Waals surface area contributed by atoms with Crippen molar-refractivity contribution in [1.29, 1.82) is 0 Å². The monoisotopic (exact) mass is 264 g/mol. The first-order chi connectivity index (χ1) is 8.86. The average molecular weight is 264 g/mol. The standard InChI is InChI=1S/C14H24N4O/c1-9(2)8-18(6)14(19)12-11(15-5)7-16-13(17-12)10(3)4/h7,9-10,15H,8H2,1-6H3. The highest BCUT2D eigenvalue weighted by molar-refractivity contribution is 5.97. The molecule has 1 N–H and O–H groups in total. The minimum atomic E-state index is -0.0673. The maximum atomic E-state index is 12.4. The van der Waals surface area contributed by atoms with Gasteiger partial charge in [-0.3, -0.25) is 4.79 Å². The molecule has 0 saturated heterocycles. The van der Waals surface area contributed by atoms with Gasteiger partial charge in [-0.15, -0.1) is 0 Å². The summed E-state index contributed by atoms with van der Waals surface area (Å²) in [6, 6.07) is 0. The Labute approximate surface area is 115 Å². The van der Waals surface area contributed by atoms with Crippen LogP contribution in [0.1, 0.15) is 49.9 Å². The highest BCUT2D eigenvalue weighted by Gasteiger charge is 2.19. The first kappa shape index (κ1) is 15.4. The molecule has 5 heteroatoms. The van der Waals surface area contributed by atoms with Crippen LogP contribution < -0.4 is 5.32 Å². The highest BCUT2D eigenvalue weighted by Crippen LogP contribution is 2.17. The van der Waals surface area contributed by atoms with Gasteiger partial charge in [0.2, 0.25) is 0 Å². The third-order valence-electron chi connectivity index (χ3n) is 2.78. The number of aromatic nitrogens is 2. The number of hydrogen-bond acceptors (Lipinski definition) is 4. The Morgan fingerprint density at radius 2 is 2.00 bits per heavy atom. The van der Waals surface area contributed by atoms with Gasteiger partial charge in [0, 0.05) is 26.6 Å². The van der Waals surface area contributed by atoms with Crippen molar-refractivity contribution in [3.05, 3.63) is 17.7 Å². The molecule has 0 aliphatic heterocycles. The predicted molar refractivity (Wildman–Crippen MR) is 77.5 cm³/mol. The molecule has 0 aliphatic rings. The molecule has 0 fully saturated rings. The Bertz CT molecular complexity index is 443. The van der Waals surface area contributed by atoms with E-state index in [9.17, 15) is 4.79 Å². The quantitative estimate of drug-likeness (QED) is 0.887. The fourth-order valence-electron chi connectivity index (χ4n) is 1.83. The van der Waals surface area contributed by atoms with Crippen LogP contribution in [0, 0.1) is 5.92 Å². The zero-order valence-electron chi connectivity index (χ0n) is 12.7. The number of carbonyl (C=O) groups is 1. The van der Waals surface area contributed by atoms with Gasteiger partial charge in [-0.2, -0.15) is 0 Å². The lowest BCUT2D eigenvalue weighted by Crippen LogP contribution is -2.31. The average Bonchev–Trinajstić information content (AvgIpc) is 2.36. The smallest absolute Gasteiger partial charge is 0.274 e. The van der Waals surface area contributed by atoms with Crippen LogP contribution in [0.3, 0.4) is 0 Å². The molecule has 0 radical (unpaired) electrons. The molecular formula is C14H24N4O. The zero-order chi connectivity index (χ0) is 14.6. The van der Waals surface area contributed by atoms with Gasteiger partial charge in [-0.05, 0) is 5.92 Å². The van der Waals surface area contributed by atoms with Crippen molar-refractivity contribution in [2.24, 2.45) is 5.92 Å². The van der Waals surface area contributed by atoms with E-state index in [0.717, 1.165) is 0 Å². The van der Waals surface area contributed by atoms with Gasteiger partial charge in [-0.1, -0.05) is 27.7 Å². The van der Waals surface area contributed by atoms with Gasteiger partial charge in [-0.25, -0.2) is 9.97 Å². The summed E-state index contributed by atoms with van der Waals surface area (Å²) in [6.45, 7) is 8.91. The fraction of sp³-hybridized carbons (Fsp3) is 0.643. The molecule has 106 valence electrons. The van der Waals surface area contributed by atoms with E-state index < -0.39 is 0 Å².